The van der Waals surface area contributed by atoms with Crippen LogP contribution in [0.3, 0.4) is 0 Å². The fourth-order valence-electron chi connectivity index (χ4n) is 5.80. The molecule has 0 bridgehead atoms. The van der Waals surface area contributed by atoms with Gasteiger partial charge in [0.1, 0.15) is 23.1 Å². The molecule has 256 valence electrons. The molecule has 0 aliphatic carbocycles. The lowest BCUT2D eigenvalue weighted by Crippen LogP contribution is -2.25. The van der Waals surface area contributed by atoms with Crippen molar-refractivity contribution >= 4 is 22.6 Å². The van der Waals surface area contributed by atoms with Crippen LogP contribution in [0.5, 0.6) is 17.2 Å². The lowest BCUT2D eigenvalue weighted by Gasteiger charge is -2.19. The number of ether oxygens (including phenoxy) is 3. The largest absolute Gasteiger partial charge is 0.493 e. The van der Waals surface area contributed by atoms with Crippen LogP contribution < -0.4 is 14.2 Å². The minimum absolute atomic E-state index is 0.565. The van der Waals surface area contributed by atoms with Crippen LogP contribution in [0, 0.1) is 0 Å². The maximum Gasteiger partial charge on any atom is 0.144 e. The summed E-state index contributed by atoms with van der Waals surface area (Å²) in [7, 11) is 0. The zero-order valence-electron chi connectivity index (χ0n) is 29.3. The van der Waals surface area contributed by atoms with E-state index in [1.807, 2.05) is 42.5 Å². The molecular weight excluding hydrogens is 608 g/mol. The van der Waals surface area contributed by atoms with Crippen LogP contribution in [-0.4, -0.2) is 78.4 Å². The Morgan fingerprint density at radius 2 is 1.30 bits per heavy atom. The Hall–Kier alpha value is -3.26. The highest BCUT2D eigenvalue weighted by Gasteiger charge is 2.18. The first-order chi connectivity index (χ1) is 23.0. The number of hydrogen-bond donors (Lipinski definition) is 0. The van der Waals surface area contributed by atoms with E-state index in [0.29, 0.717) is 19.8 Å². The Bertz CT molecular complexity index is 1480. The highest BCUT2D eigenvalue weighted by Crippen LogP contribution is 2.36. The van der Waals surface area contributed by atoms with Crippen LogP contribution in [0.1, 0.15) is 65.9 Å². The van der Waals surface area contributed by atoms with Gasteiger partial charge in [0.15, 0.2) is 0 Å². The molecule has 1 heterocycles. The van der Waals surface area contributed by atoms with E-state index in [2.05, 4.69) is 67.2 Å². The maximum absolute atomic E-state index is 6.53. The number of aromatic nitrogens is 2. The van der Waals surface area contributed by atoms with Crippen molar-refractivity contribution in [3.63, 3.8) is 0 Å². The summed E-state index contributed by atoms with van der Waals surface area (Å²) in [5.41, 5.74) is 4.22. The van der Waals surface area contributed by atoms with Crippen LogP contribution in [0.15, 0.2) is 60.7 Å². The van der Waals surface area contributed by atoms with Gasteiger partial charge in [-0.1, -0.05) is 64.8 Å². The van der Waals surface area contributed by atoms with Crippen molar-refractivity contribution in [3.8, 4) is 28.6 Å². The summed E-state index contributed by atoms with van der Waals surface area (Å²) < 4.78 is 21.3. The molecule has 0 aliphatic rings. The molecule has 0 saturated heterocycles. The molecule has 1 aromatic heterocycles. The first kappa shape index (κ1) is 36.6. The van der Waals surface area contributed by atoms with Gasteiger partial charge in [0.25, 0.3) is 0 Å². The minimum atomic E-state index is 0.565. The van der Waals surface area contributed by atoms with E-state index < -0.39 is 0 Å². The molecule has 0 radical (unpaired) electrons. The Labute approximate surface area is 287 Å². The fourth-order valence-corrected chi connectivity index (χ4v) is 5.93. The minimum Gasteiger partial charge on any atom is -0.493 e. The van der Waals surface area contributed by atoms with Gasteiger partial charge in [0.2, 0.25) is 0 Å². The maximum atomic E-state index is 6.53. The monoisotopic (exact) mass is 662 g/mol. The highest BCUT2D eigenvalue weighted by atomic mass is 35.5. The predicted molar refractivity (Wildman–Crippen MR) is 197 cm³/mol. The molecule has 0 unspecified atom stereocenters. The van der Waals surface area contributed by atoms with Crippen molar-refractivity contribution < 1.29 is 14.2 Å². The van der Waals surface area contributed by atoms with Gasteiger partial charge in [0, 0.05) is 43.2 Å². The predicted octanol–water partition coefficient (Wildman–Crippen LogP) is 9.00. The van der Waals surface area contributed by atoms with Crippen LogP contribution in [0.2, 0.25) is 5.02 Å². The molecule has 0 aliphatic heterocycles. The third kappa shape index (κ3) is 10.9. The second-order valence-corrected chi connectivity index (χ2v) is 12.4. The van der Waals surface area contributed by atoms with Gasteiger partial charge in [-0.25, -0.2) is 4.98 Å². The zero-order valence-corrected chi connectivity index (χ0v) is 30.0. The van der Waals surface area contributed by atoms with Gasteiger partial charge in [-0.15, -0.1) is 0 Å². The molecule has 0 spiro atoms. The number of aryl methyl sites for hydroxylation is 1. The molecule has 0 N–H and O–H groups in total. The molecule has 0 atom stereocenters. The summed E-state index contributed by atoms with van der Waals surface area (Å²) in [4.78, 5) is 10.0. The summed E-state index contributed by atoms with van der Waals surface area (Å²) in [6, 6.07) is 20.4. The topological polar surface area (TPSA) is 52.0 Å². The van der Waals surface area contributed by atoms with Gasteiger partial charge in [-0.2, -0.15) is 0 Å². The van der Waals surface area contributed by atoms with E-state index in [1.54, 1.807) is 0 Å². The lowest BCUT2D eigenvalue weighted by molar-refractivity contribution is 0.248. The normalized spacial score (nSPS) is 11.6. The summed E-state index contributed by atoms with van der Waals surface area (Å²) in [5.74, 6) is 3.39. The second-order valence-electron chi connectivity index (χ2n) is 11.9. The van der Waals surface area contributed by atoms with Gasteiger partial charge in [0.05, 0.1) is 36.4 Å². The molecule has 47 heavy (non-hydrogen) atoms. The second kappa shape index (κ2) is 19.5. The quantitative estimate of drug-likeness (QED) is 0.0783. The van der Waals surface area contributed by atoms with E-state index in [0.717, 1.165) is 123 Å². The van der Waals surface area contributed by atoms with E-state index in [9.17, 15) is 0 Å². The highest BCUT2D eigenvalue weighted by molar-refractivity contribution is 6.30. The Morgan fingerprint density at radius 3 is 1.96 bits per heavy atom. The number of unbranched alkanes of at least 4 members (excludes halogenated alkanes) is 1. The lowest BCUT2D eigenvalue weighted by atomic mass is 10.1. The Morgan fingerprint density at radius 1 is 0.681 bits per heavy atom. The zero-order chi connectivity index (χ0) is 33.4. The number of halogens is 1. The average molecular weight is 663 g/mol. The molecule has 3 aromatic carbocycles. The number of rotatable bonds is 22. The molecule has 4 aromatic rings. The first-order valence-electron chi connectivity index (χ1n) is 17.7. The summed E-state index contributed by atoms with van der Waals surface area (Å²) in [6.45, 7) is 20.1. The Kier molecular flexibility index (Phi) is 15.2. The fraction of sp³-hybridized carbons (Fsp3) is 0.513. The summed E-state index contributed by atoms with van der Waals surface area (Å²) in [6.07, 6.45) is 4.90. The van der Waals surface area contributed by atoms with Gasteiger partial charge in [-0.3, -0.25) is 0 Å². The van der Waals surface area contributed by atoms with Crippen LogP contribution in [0.25, 0.3) is 22.4 Å². The molecule has 0 saturated carbocycles. The number of benzene rings is 3. The molecule has 8 heteroatoms. The summed E-state index contributed by atoms with van der Waals surface area (Å²) >= 11 is 6.06. The standard InChI is InChI=1S/C39H55ClN4O3/c1-6-11-25-44-37-29-33(45-26-12-23-42(7-2)8-3)19-21-36(37)41-39(44)35-20-18-34(46-28-22-31-14-16-32(40)17-15-31)30-38(35)47-27-13-24-43(9-4)10-5/h14-21,29-30H,6-13,22-28H2,1-5H3. The van der Waals surface area contributed by atoms with Gasteiger partial charge in [-0.05, 0) is 87.4 Å². The van der Waals surface area contributed by atoms with E-state index in [4.69, 9.17) is 30.8 Å². The SMILES string of the molecule is CCCCn1c(-c2ccc(OCCc3ccc(Cl)cc3)cc2OCCCN(CC)CC)nc2ccc(OCCCN(CC)CC)cc21. The molecule has 7 nitrogen and oxygen atoms in total. The molecule has 4 rings (SSSR count). The molecule has 0 amide bonds. The van der Waals surface area contributed by atoms with Crippen LogP contribution >= 0.6 is 11.6 Å². The van der Waals surface area contributed by atoms with E-state index >= 15 is 0 Å². The van der Waals surface area contributed by atoms with Crippen molar-refractivity contribution in [1.29, 1.82) is 0 Å². The van der Waals surface area contributed by atoms with Gasteiger partial charge >= 0.3 is 0 Å². The average Bonchev–Trinajstić information content (AvgIpc) is 3.45. The Balaban J connectivity index is 1.58. The van der Waals surface area contributed by atoms with Crippen molar-refractivity contribution in [2.24, 2.45) is 0 Å². The number of hydrogen-bond acceptors (Lipinski definition) is 6. The smallest absolute Gasteiger partial charge is 0.144 e. The van der Waals surface area contributed by atoms with E-state index in [-0.39, 0.29) is 0 Å². The molecule has 0 fully saturated rings. The van der Waals surface area contributed by atoms with Crippen molar-refractivity contribution in [3.05, 3.63) is 71.2 Å². The van der Waals surface area contributed by atoms with E-state index in [1.165, 1.54) is 5.56 Å². The third-order valence-corrected chi connectivity index (χ3v) is 9.03. The molecular formula is C39H55ClN4O3. The third-order valence-electron chi connectivity index (χ3n) is 8.77. The van der Waals surface area contributed by atoms with Crippen LogP contribution in [0.4, 0.5) is 0 Å². The van der Waals surface area contributed by atoms with Crippen molar-refractivity contribution in [1.82, 2.24) is 19.4 Å². The summed E-state index contributed by atoms with van der Waals surface area (Å²) in [5, 5.41) is 0.743. The van der Waals surface area contributed by atoms with Crippen LogP contribution in [-0.2, 0) is 13.0 Å². The van der Waals surface area contributed by atoms with Gasteiger partial charge < -0.3 is 28.6 Å². The number of fused-ring (bicyclic) bond motifs is 1. The first-order valence-corrected chi connectivity index (χ1v) is 18.1. The van der Waals surface area contributed by atoms with Crippen molar-refractivity contribution in [2.45, 2.75) is 73.3 Å². The number of imidazole rings is 1. The van der Waals surface area contributed by atoms with Crippen molar-refractivity contribution in [2.75, 3.05) is 59.1 Å². The number of nitrogens with zero attached hydrogens (tertiary/aromatic N) is 4.